The topological polar surface area (TPSA) is 29.3 Å². The minimum absolute atomic E-state index is 0.820. The van der Waals surface area contributed by atoms with Crippen molar-refractivity contribution in [1.29, 1.82) is 0 Å². The third-order valence-corrected chi connectivity index (χ3v) is 2.66. The van der Waals surface area contributed by atoms with E-state index in [1.54, 1.807) is 0 Å². The molecule has 0 radical (unpaired) electrons. The van der Waals surface area contributed by atoms with Crippen molar-refractivity contribution >= 4 is 28.6 Å². The summed E-state index contributed by atoms with van der Waals surface area (Å²) < 4.78 is 2.12. The Kier molecular flexibility index (Phi) is 1.42. The number of rotatable bonds is 0. The molecule has 0 saturated carbocycles. The van der Waals surface area contributed by atoms with Crippen molar-refractivity contribution in [2.24, 2.45) is 12.0 Å². The van der Waals surface area contributed by atoms with E-state index in [-0.39, 0.29) is 0 Å². The first-order valence-corrected chi connectivity index (χ1v) is 4.72. The molecule has 70 valence electrons. The van der Waals surface area contributed by atoms with Gasteiger partial charge in [0, 0.05) is 18.6 Å². The van der Waals surface area contributed by atoms with Crippen LogP contribution in [0.15, 0.2) is 29.3 Å². The summed E-state index contributed by atoms with van der Waals surface area (Å²) in [5, 5.41) is 4.61. The Morgan fingerprint density at radius 3 is 3.14 bits per heavy atom. The van der Waals surface area contributed by atoms with Gasteiger partial charge in [0.05, 0.1) is 17.7 Å². The first-order chi connectivity index (χ1) is 6.88. The van der Waals surface area contributed by atoms with Gasteiger partial charge in [0.15, 0.2) is 5.82 Å². The molecule has 0 fully saturated rings. The average molecular weight is 185 g/mol. The van der Waals surface area contributed by atoms with Crippen LogP contribution in [0.2, 0.25) is 0 Å². The van der Waals surface area contributed by atoms with Crippen molar-refractivity contribution < 1.29 is 0 Å². The van der Waals surface area contributed by atoms with Crippen LogP contribution in [0.5, 0.6) is 0 Å². The third-order valence-electron chi connectivity index (χ3n) is 2.66. The van der Waals surface area contributed by atoms with Gasteiger partial charge in [-0.3, -0.25) is 0 Å². The van der Waals surface area contributed by atoms with E-state index in [4.69, 9.17) is 0 Å². The van der Waals surface area contributed by atoms with E-state index in [0.717, 1.165) is 18.1 Å². The minimum atomic E-state index is 0.820. The van der Waals surface area contributed by atoms with Gasteiger partial charge in [-0.05, 0) is 6.07 Å². The monoisotopic (exact) mass is 185 g/mol. The minimum Gasteiger partial charge on any atom is -0.376 e. The van der Waals surface area contributed by atoms with E-state index in [2.05, 4.69) is 39.1 Å². The molecule has 1 aromatic heterocycles. The van der Waals surface area contributed by atoms with Crippen molar-refractivity contribution in [3.8, 4) is 0 Å². The summed E-state index contributed by atoms with van der Waals surface area (Å²) in [5.74, 6) is 1.03. The number of aryl methyl sites for hydroxylation is 1. The fourth-order valence-electron chi connectivity index (χ4n) is 1.99. The number of hydrogen-bond donors (Lipinski definition) is 1. The lowest BCUT2D eigenvalue weighted by molar-refractivity contribution is 0.962. The van der Waals surface area contributed by atoms with Crippen molar-refractivity contribution in [2.75, 3.05) is 11.9 Å². The molecule has 0 unspecified atom stereocenters. The fraction of sp³-hybridized carbons (Fsp3) is 0.182. The summed E-state index contributed by atoms with van der Waals surface area (Å²) >= 11 is 0. The number of nitrogens with zero attached hydrogens (tertiary/aromatic N) is 2. The molecule has 1 N–H and O–H groups in total. The lowest BCUT2D eigenvalue weighted by Crippen LogP contribution is -2.06. The van der Waals surface area contributed by atoms with Gasteiger partial charge in [0.1, 0.15) is 0 Å². The van der Waals surface area contributed by atoms with E-state index in [1.165, 1.54) is 10.9 Å². The standard InChI is InChI=1S/C11H11N3/c1-14-9-5-3-2-4-8(9)10-11(14)13-7-6-12-10/h2-5,7,12H,6H2,1H3. The zero-order valence-corrected chi connectivity index (χ0v) is 7.99. The first kappa shape index (κ1) is 7.62. The number of hydrogen-bond acceptors (Lipinski definition) is 2. The van der Waals surface area contributed by atoms with Crippen LogP contribution < -0.4 is 5.32 Å². The van der Waals surface area contributed by atoms with Crippen LogP contribution in [0, 0.1) is 0 Å². The van der Waals surface area contributed by atoms with Crippen molar-refractivity contribution in [1.82, 2.24) is 4.57 Å². The van der Waals surface area contributed by atoms with Gasteiger partial charge < -0.3 is 9.88 Å². The number of anilines is 1. The predicted octanol–water partition coefficient (Wildman–Crippen LogP) is 2.31. The Morgan fingerprint density at radius 2 is 2.21 bits per heavy atom. The molecule has 1 aliphatic rings. The van der Waals surface area contributed by atoms with Crippen LogP contribution in [0.4, 0.5) is 11.5 Å². The third kappa shape index (κ3) is 0.839. The maximum absolute atomic E-state index is 4.41. The van der Waals surface area contributed by atoms with Crippen LogP contribution >= 0.6 is 0 Å². The summed E-state index contributed by atoms with van der Waals surface area (Å²) in [6, 6.07) is 8.35. The quantitative estimate of drug-likeness (QED) is 0.670. The molecule has 0 amide bonds. The summed E-state index contributed by atoms with van der Waals surface area (Å²) in [5.41, 5.74) is 2.38. The van der Waals surface area contributed by atoms with Gasteiger partial charge in [-0.2, -0.15) is 0 Å². The maximum atomic E-state index is 4.41. The summed E-state index contributed by atoms with van der Waals surface area (Å²) in [6.07, 6.45) is 1.90. The molecule has 0 atom stereocenters. The molecule has 3 nitrogen and oxygen atoms in total. The Balaban J connectivity index is 2.48. The highest BCUT2D eigenvalue weighted by Crippen LogP contribution is 2.36. The van der Waals surface area contributed by atoms with E-state index >= 15 is 0 Å². The highest BCUT2D eigenvalue weighted by atomic mass is 15.1. The molecule has 2 aromatic rings. The maximum Gasteiger partial charge on any atom is 0.156 e. The molecule has 3 heteroatoms. The highest BCUT2D eigenvalue weighted by molar-refractivity contribution is 6.02. The van der Waals surface area contributed by atoms with Crippen LogP contribution in [-0.4, -0.2) is 17.3 Å². The van der Waals surface area contributed by atoms with Gasteiger partial charge in [-0.15, -0.1) is 0 Å². The molecular formula is C11H11N3. The summed E-state index contributed by atoms with van der Waals surface area (Å²) in [6.45, 7) is 0.820. The second-order valence-corrected chi connectivity index (χ2v) is 3.47. The number of fused-ring (bicyclic) bond motifs is 3. The molecule has 1 aromatic carbocycles. The van der Waals surface area contributed by atoms with Crippen molar-refractivity contribution in [3.05, 3.63) is 24.3 Å². The van der Waals surface area contributed by atoms with Crippen molar-refractivity contribution in [2.45, 2.75) is 0 Å². The van der Waals surface area contributed by atoms with E-state index in [0.29, 0.717) is 0 Å². The average Bonchev–Trinajstić information content (AvgIpc) is 2.55. The van der Waals surface area contributed by atoms with Crippen molar-refractivity contribution in [3.63, 3.8) is 0 Å². The molecule has 1 aliphatic heterocycles. The molecule has 0 aliphatic carbocycles. The van der Waals surface area contributed by atoms with Crippen LogP contribution in [0.3, 0.4) is 0 Å². The van der Waals surface area contributed by atoms with Gasteiger partial charge in [0.25, 0.3) is 0 Å². The number of nitrogens with one attached hydrogen (secondary N) is 1. The van der Waals surface area contributed by atoms with E-state index in [9.17, 15) is 0 Å². The number of aliphatic imine (C=N–C) groups is 1. The highest BCUT2D eigenvalue weighted by Gasteiger charge is 2.14. The second kappa shape index (κ2) is 2.61. The Labute approximate surface area is 82.1 Å². The van der Waals surface area contributed by atoms with E-state index < -0.39 is 0 Å². The Bertz CT molecular complexity index is 523. The van der Waals surface area contributed by atoms with E-state index in [1.807, 2.05) is 13.3 Å². The fourth-order valence-corrected chi connectivity index (χ4v) is 1.99. The number of para-hydroxylation sites is 1. The van der Waals surface area contributed by atoms with Gasteiger partial charge in [-0.25, -0.2) is 4.99 Å². The lowest BCUT2D eigenvalue weighted by Gasteiger charge is -2.08. The number of aromatic nitrogens is 1. The summed E-state index contributed by atoms with van der Waals surface area (Å²) in [7, 11) is 2.05. The van der Waals surface area contributed by atoms with Gasteiger partial charge in [-0.1, -0.05) is 18.2 Å². The molecule has 0 saturated heterocycles. The molecular weight excluding hydrogens is 174 g/mol. The molecule has 0 bridgehead atoms. The van der Waals surface area contributed by atoms with Crippen LogP contribution in [0.1, 0.15) is 0 Å². The van der Waals surface area contributed by atoms with Gasteiger partial charge in [0.2, 0.25) is 0 Å². The summed E-state index contributed by atoms with van der Waals surface area (Å²) in [4.78, 5) is 4.41. The molecule has 14 heavy (non-hydrogen) atoms. The first-order valence-electron chi connectivity index (χ1n) is 4.72. The largest absolute Gasteiger partial charge is 0.376 e. The predicted molar refractivity (Wildman–Crippen MR) is 59.6 cm³/mol. The smallest absolute Gasteiger partial charge is 0.156 e. The Hall–Kier alpha value is -1.77. The second-order valence-electron chi connectivity index (χ2n) is 3.47. The number of benzene rings is 1. The normalized spacial score (nSPS) is 14.1. The zero-order valence-electron chi connectivity index (χ0n) is 7.99. The molecule has 2 heterocycles. The van der Waals surface area contributed by atoms with Gasteiger partial charge >= 0.3 is 0 Å². The van der Waals surface area contributed by atoms with Crippen LogP contribution in [-0.2, 0) is 7.05 Å². The lowest BCUT2D eigenvalue weighted by atomic mass is 10.2. The molecule has 0 spiro atoms. The molecule has 3 rings (SSSR count). The van der Waals surface area contributed by atoms with Crippen LogP contribution in [0.25, 0.3) is 10.9 Å². The zero-order chi connectivity index (χ0) is 9.54. The SMILES string of the molecule is Cn1c2c(c3ccccc31)NCC=N2. The Morgan fingerprint density at radius 1 is 1.36 bits per heavy atom.